The molecule has 0 spiro atoms. The SMILES string of the molecule is Cc1ccc(Sc2ccc(F)c(Br)c2)cc1. The second-order valence-electron chi connectivity index (χ2n) is 3.49. The van der Waals surface area contributed by atoms with Crippen molar-refractivity contribution in [3.05, 3.63) is 58.3 Å². The van der Waals surface area contributed by atoms with Crippen LogP contribution in [0.2, 0.25) is 0 Å². The standard InChI is InChI=1S/C13H10BrFS/c1-9-2-4-10(5-3-9)16-11-6-7-13(15)12(14)8-11/h2-8H,1H3. The van der Waals surface area contributed by atoms with Gasteiger partial charge in [-0.3, -0.25) is 0 Å². The fourth-order valence-electron chi connectivity index (χ4n) is 1.28. The summed E-state index contributed by atoms with van der Waals surface area (Å²) in [4.78, 5) is 2.18. The molecule has 2 aromatic carbocycles. The third-order valence-electron chi connectivity index (χ3n) is 2.15. The fourth-order valence-corrected chi connectivity index (χ4v) is 2.67. The van der Waals surface area contributed by atoms with Crippen LogP contribution in [0.3, 0.4) is 0 Å². The van der Waals surface area contributed by atoms with E-state index in [4.69, 9.17) is 0 Å². The minimum absolute atomic E-state index is 0.228. The van der Waals surface area contributed by atoms with Crippen LogP contribution in [0.25, 0.3) is 0 Å². The number of rotatable bonds is 2. The molecule has 0 radical (unpaired) electrons. The first-order valence-electron chi connectivity index (χ1n) is 4.85. The van der Waals surface area contributed by atoms with E-state index < -0.39 is 0 Å². The molecule has 2 aromatic rings. The average Bonchev–Trinajstić information content (AvgIpc) is 2.27. The Kier molecular flexibility index (Phi) is 3.66. The molecule has 0 N–H and O–H groups in total. The van der Waals surface area contributed by atoms with Gasteiger partial charge in [-0.05, 0) is 53.2 Å². The van der Waals surface area contributed by atoms with Gasteiger partial charge in [-0.2, -0.15) is 0 Å². The van der Waals surface area contributed by atoms with Gasteiger partial charge in [-0.15, -0.1) is 0 Å². The minimum atomic E-state index is -0.228. The average molecular weight is 297 g/mol. The molecule has 0 aliphatic carbocycles. The van der Waals surface area contributed by atoms with E-state index in [1.165, 1.54) is 11.6 Å². The maximum atomic E-state index is 13.0. The second kappa shape index (κ2) is 5.02. The number of hydrogen-bond acceptors (Lipinski definition) is 1. The highest BCUT2D eigenvalue weighted by Gasteiger charge is 2.02. The van der Waals surface area contributed by atoms with Crippen LogP contribution in [0.4, 0.5) is 4.39 Å². The molecule has 0 amide bonds. The molecule has 2 rings (SSSR count). The molecule has 0 saturated heterocycles. The van der Waals surface area contributed by atoms with Crippen molar-refractivity contribution in [2.45, 2.75) is 16.7 Å². The monoisotopic (exact) mass is 296 g/mol. The first-order chi connectivity index (χ1) is 7.65. The highest BCUT2D eigenvalue weighted by molar-refractivity contribution is 9.10. The molecule has 0 bridgehead atoms. The summed E-state index contributed by atoms with van der Waals surface area (Å²) in [5, 5.41) is 0. The van der Waals surface area contributed by atoms with Gasteiger partial charge < -0.3 is 0 Å². The molecular weight excluding hydrogens is 287 g/mol. The lowest BCUT2D eigenvalue weighted by molar-refractivity contribution is 0.619. The van der Waals surface area contributed by atoms with Crippen molar-refractivity contribution >= 4 is 27.7 Å². The lowest BCUT2D eigenvalue weighted by atomic mass is 10.2. The van der Waals surface area contributed by atoms with Gasteiger partial charge in [-0.1, -0.05) is 29.5 Å². The molecule has 0 nitrogen and oxygen atoms in total. The highest BCUT2D eigenvalue weighted by Crippen LogP contribution is 2.30. The van der Waals surface area contributed by atoms with Crippen molar-refractivity contribution in [2.75, 3.05) is 0 Å². The smallest absolute Gasteiger partial charge is 0.137 e. The van der Waals surface area contributed by atoms with Crippen LogP contribution in [0.15, 0.2) is 56.7 Å². The molecular formula is C13H10BrFS. The van der Waals surface area contributed by atoms with Crippen LogP contribution in [-0.2, 0) is 0 Å². The van der Waals surface area contributed by atoms with E-state index in [1.807, 2.05) is 0 Å². The molecule has 82 valence electrons. The van der Waals surface area contributed by atoms with E-state index in [1.54, 1.807) is 23.9 Å². The Morgan fingerprint density at radius 2 is 1.62 bits per heavy atom. The van der Waals surface area contributed by atoms with Crippen molar-refractivity contribution in [3.63, 3.8) is 0 Å². The van der Waals surface area contributed by atoms with Crippen molar-refractivity contribution in [1.82, 2.24) is 0 Å². The van der Waals surface area contributed by atoms with Gasteiger partial charge >= 0.3 is 0 Å². The molecule has 0 aliphatic heterocycles. The Morgan fingerprint density at radius 3 is 2.25 bits per heavy atom. The zero-order valence-corrected chi connectivity index (χ0v) is 11.1. The minimum Gasteiger partial charge on any atom is -0.206 e. The van der Waals surface area contributed by atoms with Crippen LogP contribution >= 0.6 is 27.7 Å². The summed E-state index contributed by atoms with van der Waals surface area (Å²) >= 11 is 4.81. The summed E-state index contributed by atoms with van der Waals surface area (Å²) in [6, 6.07) is 13.3. The number of benzene rings is 2. The van der Waals surface area contributed by atoms with E-state index in [-0.39, 0.29) is 5.82 Å². The van der Waals surface area contributed by atoms with Crippen LogP contribution in [0.1, 0.15) is 5.56 Å². The van der Waals surface area contributed by atoms with Gasteiger partial charge in [0, 0.05) is 9.79 Å². The first-order valence-corrected chi connectivity index (χ1v) is 6.46. The summed E-state index contributed by atoms with van der Waals surface area (Å²) in [5.74, 6) is -0.228. The van der Waals surface area contributed by atoms with Crippen molar-refractivity contribution in [2.24, 2.45) is 0 Å². The number of hydrogen-bond donors (Lipinski definition) is 0. The molecule has 3 heteroatoms. The number of aryl methyl sites for hydroxylation is 1. The summed E-state index contributed by atoms with van der Waals surface area (Å²) in [7, 11) is 0. The van der Waals surface area contributed by atoms with Crippen molar-refractivity contribution < 1.29 is 4.39 Å². The van der Waals surface area contributed by atoms with Gasteiger partial charge in [0.05, 0.1) is 4.47 Å². The molecule has 0 heterocycles. The third kappa shape index (κ3) is 2.86. The zero-order chi connectivity index (χ0) is 11.5. The molecule has 0 unspecified atom stereocenters. The Morgan fingerprint density at radius 1 is 1.00 bits per heavy atom. The van der Waals surface area contributed by atoms with Gasteiger partial charge in [0.15, 0.2) is 0 Å². The lowest BCUT2D eigenvalue weighted by Crippen LogP contribution is -1.79. The van der Waals surface area contributed by atoms with Crippen molar-refractivity contribution in [3.8, 4) is 0 Å². The van der Waals surface area contributed by atoms with E-state index >= 15 is 0 Å². The Balaban J connectivity index is 2.20. The summed E-state index contributed by atoms with van der Waals surface area (Å²) in [5.41, 5.74) is 1.24. The second-order valence-corrected chi connectivity index (χ2v) is 5.49. The van der Waals surface area contributed by atoms with Crippen LogP contribution in [0.5, 0.6) is 0 Å². The molecule has 0 fully saturated rings. The predicted molar refractivity (Wildman–Crippen MR) is 69.4 cm³/mol. The molecule has 0 atom stereocenters. The topological polar surface area (TPSA) is 0 Å². The molecule has 16 heavy (non-hydrogen) atoms. The van der Waals surface area contributed by atoms with Gasteiger partial charge in [0.25, 0.3) is 0 Å². The van der Waals surface area contributed by atoms with E-state index in [0.29, 0.717) is 4.47 Å². The maximum absolute atomic E-state index is 13.0. The first kappa shape index (κ1) is 11.7. The van der Waals surface area contributed by atoms with Gasteiger partial charge in [0.1, 0.15) is 5.82 Å². The van der Waals surface area contributed by atoms with E-state index in [2.05, 4.69) is 47.1 Å². The summed E-state index contributed by atoms with van der Waals surface area (Å²) < 4.78 is 13.5. The Bertz CT molecular complexity index is 494. The van der Waals surface area contributed by atoms with Crippen LogP contribution < -0.4 is 0 Å². The maximum Gasteiger partial charge on any atom is 0.137 e. The fraction of sp³-hybridized carbons (Fsp3) is 0.0769. The van der Waals surface area contributed by atoms with Gasteiger partial charge in [-0.25, -0.2) is 4.39 Å². The van der Waals surface area contributed by atoms with Gasteiger partial charge in [0.2, 0.25) is 0 Å². The third-order valence-corrected chi connectivity index (χ3v) is 3.75. The molecule has 0 saturated carbocycles. The van der Waals surface area contributed by atoms with Crippen LogP contribution in [-0.4, -0.2) is 0 Å². The summed E-state index contributed by atoms with van der Waals surface area (Å²) in [6.07, 6.45) is 0. The normalized spacial score (nSPS) is 10.4. The molecule has 0 aliphatic rings. The van der Waals surface area contributed by atoms with Crippen LogP contribution in [0, 0.1) is 12.7 Å². The van der Waals surface area contributed by atoms with Crippen molar-refractivity contribution in [1.29, 1.82) is 0 Å². The van der Waals surface area contributed by atoms with E-state index in [0.717, 1.165) is 9.79 Å². The zero-order valence-electron chi connectivity index (χ0n) is 8.71. The predicted octanol–water partition coefficient (Wildman–Crippen LogP) is 5.05. The number of halogens is 2. The largest absolute Gasteiger partial charge is 0.206 e. The lowest BCUT2D eigenvalue weighted by Gasteiger charge is -2.03. The molecule has 0 aromatic heterocycles. The summed E-state index contributed by atoms with van der Waals surface area (Å²) in [6.45, 7) is 2.06. The Labute approximate surface area is 107 Å². The quantitative estimate of drug-likeness (QED) is 0.747. The highest BCUT2D eigenvalue weighted by atomic mass is 79.9. The van der Waals surface area contributed by atoms with E-state index in [9.17, 15) is 4.39 Å². The Hall–Kier alpha value is -0.800.